The van der Waals surface area contributed by atoms with Gasteiger partial charge in [-0.3, -0.25) is 19.0 Å². The van der Waals surface area contributed by atoms with Crippen LogP contribution in [0.25, 0.3) is 10.9 Å². The minimum Gasteiger partial charge on any atom is -0.353 e. The first-order chi connectivity index (χ1) is 15.0. The molecule has 0 bridgehead atoms. The van der Waals surface area contributed by atoms with Crippen LogP contribution in [0, 0.1) is 0 Å². The van der Waals surface area contributed by atoms with Crippen molar-refractivity contribution in [3.8, 4) is 0 Å². The van der Waals surface area contributed by atoms with E-state index in [-0.39, 0.29) is 48.2 Å². The third-order valence-electron chi connectivity index (χ3n) is 5.71. The molecule has 2 aromatic rings. The van der Waals surface area contributed by atoms with Crippen molar-refractivity contribution >= 4 is 34.5 Å². The molecule has 8 heteroatoms. The summed E-state index contributed by atoms with van der Waals surface area (Å²) >= 11 is 1.23. The molecule has 0 spiro atoms. The lowest BCUT2D eigenvalue weighted by molar-refractivity contribution is -0.122. The number of hydrogen-bond acceptors (Lipinski definition) is 5. The number of aromatic nitrogens is 2. The lowest BCUT2D eigenvalue weighted by Gasteiger charge is -2.23. The minimum absolute atomic E-state index is 0.0441. The van der Waals surface area contributed by atoms with Gasteiger partial charge in [0.05, 0.1) is 16.7 Å². The smallest absolute Gasteiger partial charge is 0.262 e. The zero-order chi connectivity index (χ0) is 22.2. The summed E-state index contributed by atoms with van der Waals surface area (Å²) < 4.78 is 1.53. The Balaban J connectivity index is 1.73. The quantitative estimate of drug-likeness (QED) is 0.457. The highest BCUT2D eigenvalue weighted by molar-refractivity contribution is 7.99. The topological polar surface area (TPSA) is 93.1 Å². The molecule has 1 aliphatic carbocycles. The fourth-order valence-electron chi connectivity index (χ4n) is 3.76. The molecule has 0 radical (unpaired) electrons. The van der Waals surface area contributed by atoms with Crippen molar-refractivity contribution in [2.75, 3.05) is 5.75 Å². The maximum absolute atomic E-state index is 13.1. The van der Waals surface area contributed by atoms with Crippen LogP contribution in [0.15, 0.2) is 34.2 Å². The molecule has 31 heavy (non-hydrogen) atoms. The van der Waals surface area contributed by atoms with E-state index in [2.05, 4.69) is 15.6 Å². The van der Waals surface area contributed by atoms with E-state index in [0.717, 1.165) is 32.1 Å². The van der Waals surface area contributed by atoms with Crippen LogP contribution in [0.1, 0.15) is 58.8 Å². The van der Waals surface area contributed by atoms with Gasteiger partial charge in [0.1, 0.15) is 0 Å². The third kappa shape index (κ3) is 6.56. The second kappa shape index (κ2) is 11.3. The van der Waals surface area contributed by atoms with Crippen molar-refractivity contribution in [3.05, 3.63) is 34.6 Å². The first-order valence-corrected chi connectivity index (χ1v) is 12.2. The highest BCUT2D eigenvalue weighted by Crippen LogP contribution is 2.19. The van der Waals surface area contributed by atoms with Gasteiger partial charge in [-0.15, -0.1) is 0 Å². The molecule has 3 rings (SSSR count). The summed E-state index contributed by atoms with van der Waals surface area (Å²) in [4.78, 5) is 42.4. The van der Waals surface area contributed by atoms with E-state index in [4.69, 9.17) is 0 Å². The Kier molecular flexibility index (Phi) is 8.51. The molecule has 1 unspecified atom stereocenters. The Bertz CT molecular complexity index is 969. The average molecular weight is 445 g/mol. The van der Waals surface area contributed by atoms with E-state index in [1.165, 1.54) is 22.7 Å². The molecular formula is C23H32N4O3S. The van der Waals surface area contributed by atoms with Crippen molar-refractivity contribution < 1.29 is 9.59 Å². The second-order valence-corrected chi connectivity index (χ2v) is 9.13. The van der Waals surface area contributed by atoms with Gasteiger partial charge in [-0.1, -0.05) is 50.1 Å². The van der Waals surface area contributed by atoms with Gasteiger partial charge >= 0.3 is 0 Å². The number of nitrogens with one attached hydrogen (secondary N) is 2. The lowest BCUT2D eigenvalue weighted by Crippen LogP contribution is -2.37. The van der Waals surface area contributed by atoms with E-state index in [1.807, 2.05) is 19.9 Å². The zero-order valence-corrected chi connectivity index (χ0v) is 19.2. The number of para-hydroxylation sites is 1. The minimum atomic E-state index is -0.180. The van der Waals surface area contributed by atoms with Crippen molar-refractivity contribution in [1.29, 1.82) is 0 Å². The maximum atomic E-state index is 13.1. The van der Waals surface area contributed by atoms with E-state index in [1.54, 1.807) is 18.2 Å². The van der Waals surface area contributed by atoms with Crippen molar-refractivity contribution in [1.82, 2.24) is 20.2 Å². The van der Waals surface area contributed by atoms with Gasteiger partial charge in [0, 0.05) is 25.0 Å². The predicted molar refractivity (Wildman–Crippen MR) is 124 cm³/mol. The molecular weight excluding hydrogens is 412 g/mol. The Labute approximate surface area is 187 Å². The first kappa shape index (κ1) is 23.3. The number of rotatable bonds is 9. The van der Waals surface area contributed by atoms with Gasteiger partial charge in [0.2, 0.25) is 11.8 Å². The number of thioether (sulfide) groups is 1. The fourth-order valence-corrected chi connectivity index (χ4v) is 4.60. The van der Waals surface area contributed by atoms with Crippen LogP contribution in [0.3, 0.4) is 0 Å². The van der Waals surface area contributed by atoms with Crippen LogP contribution in [0.2, 0.25) is 0 Å². The second-order valence-electron chi connectivity index (χ2n) is 8.19. The molecule has 0 saturated heterocycles. The van der Waals surface area contributed by atoms with E-state index < -0.39 is 0 Å². The van der Waals surface area contributed by atoms with Crippen molar-refractivity contribution in [2.45, 2.75) is 82.6 Å². The lowest BCUT2D eigenvalue weighted by atomic mass is 9.95. The highest BCUT2D eigenvalue weighted by atomic mass is 32.2. The molecule has 1 fully saturated rings. The van der Waals surface area contributed by atoms with Gasteiger partial charge in [-0.25, -0.2) is 4.98 Å². The van der Waals surface area contributed by atoms with Gasteiger partial charge in [0.25, 0.3) is 5.56 Å². The van der Waals surface area contributed by atoms with Crippen LogP contribution in [-0.2, 0) is 16.1 Å². The number of amides is 2. The van der Waals surface area contributed by atoms with Gasteiger partial charge in [-0.2, -0.15) is 0 Å². The molecule has 2 N–H and O–H groups in total. The number of carbonyl (C=O) groups is 2. The van der Waals surface area contributed by atoms with E-state index >= 15 is 0 Å². The summed E-state index contributed by atoms with van der Waals surface area (Å²) in [5, 5.41) is 7.01. The molecule has 1 aromatic carbocycles. The standard InChI is InChI=1S/C23H32N4O3S/c1-3-16(2)24-21(29)15-31-23-26-19-12-8-7-11-18(19)22(30)27(23)14-13-20(28)25-17-9-5-4-6-10-17/h7-8,11-12,16-17H,3-6,9-10,13-15H2,1-2H3,(H,24,29)(H,25,28). The monoisotopic (exact) mass is 444 g/mol. The van der Waals surface area contributed by atoms with Crippen LogP contribution >= 0.6 is 11.8 Å². The van der Waals surface area contributed by atoms with Gasteiger partial charge in [-0.05, 0) is 38.3 Å². The van der Waals surface area contributed by atoms with Crippen LogP contribution in [-0.4, -0.2) is 39.2 Å². The number of carbonyl (C=O) groups excluding carboxylic acids is 2. The molecule has 1 saturated carbocycles. The Morgan fingerprint density at radius 2 is 1.94 bits per heavy atom. The summed E-state index contributed by atoms with van der Waals surface area (Å²) in [5.41, 5.74) is 0.418. The summed E-state index contributed by atoms with van der Waals surface area (Å²) in [6, 6.07) is 7.51. The third-order valence-corrected chi connectivity index (χ3v) is 6.69. The molecule has 0 aliphatic heterocycles. The van der Waals surface area contributed by atoms with E-state index in [0.29, 0.717) is 16.1 Å². The predicted octanol–water partition coefficient (Wildman–Crippen LogP) is 3.24. The Morgan fingerprint density at radius 1 is 1.19 bits per heavy atom. The van der Waals surface area contributed by atoms with Gasteiger partial charge < -0.3 is 10.6 Å². The summed E-state index contributed by atoms with van der Waals surface area (Å²) in [5.74, 6) is 0.0319. The molecule has 1 aliphatic rings. The number of hydrogen-bond donors (Lipinski definition) is 2. The fraction of sp³-hybridized carbons (Fsp3) is 0.565. The number of fused-ring (bicyclic) bond motifs is 1. The maximum Gasteiger partial charge on any atom is 0.262 e. The normalized spacial score (nSPS) is 15.5. The average Bonchev–Trinajstić information content (AvgIpc) is 2.77. The largest absolute Gasteiger partial charge is 0.353 e. The van der Waals surface area contributed by atoms with Gasteiger partial charge in [0.15, 0.2) is 5.16 Å². The van der Waals surface area contributed by atoms with Crippen LogP contribution < -0.4 is 16.2 Å². The first-order valence-electron chi connectivity index (χ1n) is 11.2. The van der Waals surface area contributed by atoms with Crippen molar-refractivity contribution in [3.63, 3.8) is 0 Å². The molecule has 1 aromatic heterocycles. The Hall–Kier alpha value is -2.35. The van der Waals surface area contributed by atoms with Crippen molar-refractivity contribution in [2.24, 2.45) is 0 Å². The van der Waals surface area contributed by atoms with Crippen LogP contribution in [0.5, 0.6) is 0 Å². The highest BCUT2D eigenvalue weighted by Gasteiger charge is 2.18. The van der Waals surface area contributed by atoms with Crippen LogP contribution in [0.4, 0.5) is 0 Å². The molecule has 1 heterocycles. The van der Waals surface area contributed by atoms with E-state index in [9.17, 15) is 14.4 Å². The SMILES string of the molecule is CCC(C)NC(=O)CSc1nc2ccccc2c(=O)n1CCC(=O)NC1CCCCC1. The summed E-state index contributed by atoms with van der Waals surface area (Å²) in [6.07, 6.45) is 6.65. The molecule has 168 valence electrons. The summed E-state index contributed by atoms with van der Waals surface area (Å²) in [7, 11) is 0. The zero-order valence-electron chi connectivity index (χ0n) is 18.4. The summed E-state index contributed by atoms with van der Waals surface area (Å²) in [6.45, 7) is 4.21. The molecule has 7 nitrogen and oxygen atoms in total. The number of benzene rings is 1. The molecule has 2 amide bonds. The molecule has 1 atom stereocenters. The number of nitrogens with zero attached hydrogens (tertiary/aromatic N) is 2. The Morgan fingerprint density at radius 3 is 2.68 bits per heavy atom.